The van der Waals surface area contributed by atoms with Crippen molar-refractivity contribution < 1.29 is 14.3 Å². The van der Waals surface area contributed by atoms with E-state index in [1.165, 1.54) is 0 Å². The number of amides is 1. The summed E-state index contributed by atoms with van der Waals surface area (Å²) in [5.41, 5.74) is 2.74. The number of likely N-dealkylation sites (tertiary alicyclic amines) is 1. The van der Waals surface area contributed by atoms with Crippen LogP contribution < -0.4 is 0 Å². The van der Waals surface area contributed by atoms with Crippen LogP contribution in [0.5, 0.6) is 0 Å². The average Bonchev–Trinajstić information content (AvgIpc) is 2.87. The Labute approximate surface area is 205 Å². The highest BCUT2D eigenvalue weighted by Gasteiger charge is 2.47. The zero-order valence-corrected chi connectivity index (χ0v) is 19.9. The van der Waals surface area contributed by atoms with Gasteiger partial charge in [0.1, 0.15) is 11.7 Å². The van der Waals surface area contributed by atoms with Crippen molar-refractivity contribution in [2.45, 2.75) is 38.3 Å². The van der Waals surface area contributed by atoms with Crippen molar-refractivity contribution in [2.75, 3.05) is 13.1 Å². The summed E-state index contributed by atoms with van der Waals surface area (Å²) in [6.07, 6.45) is 0.171. The van der Waals surface area contributed by atoms with Crippen molar-refractivity contribution in [1.82, 2.24) is 4.90 Å². The van der Waals surface area contributed by atoms with Gasteiger partial charge < -0.3 is 14.4 Å². The van der Waals surface area contributed by atoms with E-state index in [4.69, 9.17) is 21.1 Å². The van der Waals surface area contributed by atoms with Crippen LogP contribution in [0.4, 0.5) is 0 Å². The summed E-state index contributed by atoms with van der Waals surface area (Å²) >= 11 is 6.19. The normalized spacial score (nSPS) is 20.0. The molecule has 2 unspecified atom stereocenters. The molecule has 0 N–H and O–H groups in total. The zero-order chi connectivity index (χ0) is 24.0. The first-order valence-electron chi connectivity index (χ1n) is 11.3. The molecule has 4 rings (SSSR count). The molecule has 0 bridgehead atoms. The van der Waals surface area contributed by atoms with Gasteiger partial charge in [-0.3, -0.25) is 4.79 Å². The Kier molecular flexibility index (Phi) is 7.64. The lowest BCUT2D eigenvalue weighted by atomic mass is 9.81. The molecule has 0 aromatic heterocycles. The van der Waals surface area contributed by atoms with E-state index in [1.54, 1.807) is 17.9 Å². The molecule has 1 saturated heterocycles. The lowest BCUT2D eigenvalue weighted by Crippen LogP contribution is -2.56. The summed E-state index contributed by atoms with van der Waals surface area (Å²) in [6, 6.07) is 27.2. The van der Waals surface area contributed by atoms with Gasteiger partial charge in [-0.25, -0.2) is 0 Å². The molecular formula is C28H27ClN2O3. The van der Waals surface area contributed by atoms with Crippen LogP contribution in [0.25, 0.3) is 0 Å². The predicted octanol–water partition coefficient (Wildman–Crippen LogP) is 5.46. The molecule has 6 heteroatoms. The number of nitrogens with zero attached hydrogens (tertiary/aromatic N) is 2. The van der Waals surface area contributed by atoms with Crippen molar-refractivity contribution in [2.24, 2.45) is 0 Å². The highest BCUT2D eigenvalue weighted by atomic mass is 35.5. The lowest BCUT2D eigenvalue weighted by Gasteiger charge is -2.47. The summed E-state index contributed by atoms with van der Waals surface area (Å²) in [5, 5.41) is 9.89. The van der Waals surface area contributed by atoms with Crippen molar-refractivity contribution >= 4 is 17.5 Å². The SMILES string of the molecule is CC(=O)N1CCC(OCc2ccccc2)(c2ccc(Cl)cc2)C(OCc2cccc(C#N)c2)C1. The van der Waals surface area contributed by atoms with E-state index in [0.717, 1.165) is 16.7 Å². The fraction of sp³-hybridized carbons (Fsp3) is 0.286. The third kappa shape index (κ3) is 5.48. The number of halogens is 1. The Morgan fingerprint density at radius 2 is 1.79 bits per heavy atom. The minimum Gasteiger partial charge on any atom is -0.368 e. The van der Waals surface area contributed by atoms with Crippen LogP contribution in [-0.4, -0.2) is 30.0 Å². The Balaban J connectivity index is 1.67. The average molecular weight is 475 g/mol. The fourth-order valence-electron chi connectivity index (χ4n) is 4.40. The van der Waals surface area contributed by atoms with Gasteiger partial charge in [0.2, 0.25) is 5.91 Å². The van der Waals surface area contributed by atoms with Gasteiger partial charge in [0, 0.05) is 24.9 Å². The first-order valence-corrected chi connectivity index (χ1v) is 11.7. The molecule has 0 radical (unpaired) electrons. The van der Waals surface area contributed by atoms with Gasteiger partial charge >= 0.3 is 0 Å². The molecule has 1 amide bonds. The van der Waals surface area contributed by atoms with Crippen LogP contribution in [-0.2, 0) is 33.1 Å². The smallest absolute Gasteiger partial charge is 0.219 e. The van der Waals surface area contributed by atoms with E-state index in [0.29, 0.717) is 43.3 Å². The maximum absolute atomic E-state index is 12.2. The molecule has 3 aromatic carbocycles. The molecule has 1 heterocycles. The second-order valence-electron chi connectivity index (χ2n) is 8.50. The van der Waals surface area contributed by atoms with Gasteiger partial charge in [0.15, 0.2) is 0 Å². The van der Waals surface area contributed by atoms with Crippen molar-refractivity contribution in [3.8, 4) is 6.07 Å². The number of hydrogen-bond donors (Lipinski definition) is 0. The summed E-state index contributed by atoms with van der Waals surface area (Å²) in [5.74, 6) is 0.00726. The Bertz CT molecular complexity index is 1160. The van der Waals surface area contributed by atoms with E-state index in [9.17, 15) is 10.1 Å². The third-order valence-corrected chi connectivity index (χ3v) is 6.54. The largest absolute Gasteiger partial charge is 0.368 e. The fourth-order valence-corrected chi connectivity index (χ4v) is 4.52. The van der Waals surface area contributed by atoms with Crippen molar-refractivity contribution in [1.29, 1.82) is 5.26 Å². The van der Waals surface area contributed by atoms with Gasteiger partial charge in [-0.2, -0.15) is 5.26 Å². The van der Waals surface area contributed by atoms with Gasteiger partial charge in [-0.05, 0) is 41.0 Å². The summed E-state index contributed by atoms with van der Waals surface area (Å²) < 4.78 is 13.2. The van der Waals surface area contributed by atoms with Gasteiger partial charge in [-0.15, -0.1) is 0 Å². The topological polar surface area (TPSA) is 62.6 Å². The molecule has 0 aliphatic carbocycles. The van der Waals surface area contributed by atoms with Crippen LogP contribution in [0.1, 0.15) is 35.6 Å². The monoisotopic (exact) mass is 474 g/mol. The minimum atomic E-state index is -0.765. The summed E-state index contributed by atoms with van der Waals surface area (Å²) in [6.45, 7) is 3.26. The van der Waals surface area contributed by atoms with Crippen LogP contribution in [0.15, 0.2) is 78.9 Å². The number of ether oxygens (including phenoxy) is 2. The Morgan fingerprint density at radius 3 is 2.50 bits per heavy atom. The van der Waals surface area contributed by atoms with Crippen LogP contribution in [0, 0.1) is 11.3 Å². The molecule has 5 nitrogen and oxygen atoms in total. The number of nitriles is 1. The third-order valence-electron chi connectivity index (χ3n) is 6.28. The summed E-state index contributed by atoms with van der Waals surface area (Å²) in [4.78, 5) is 14.1. The molecular weight excluding hydrogens is 448 g/mol. The highest BCUT2D eigenvalue weighted by Crippen LogP contribution is 2.40. The van der Waals surface area contributed by atoms with Gasteiger partial charge in [0.25, 0.3) is 0 Å². The molecule has 0 spiro atoms. The highest BCUT2D eigenvalue weighted by molar-refractivity contribution is 6.30. The van der Waals surface area contributed by atoms with Crippen LogP contribution >= 0.6 is 11.6 Å². The Morgan fingerprint density at radius 1 is 1.06 bits per heavy atom. The number of rotatable bonds is 7. The maximum atomic E-state index is 12.2. The van der Waals surface area contributed by atoms with Gasteiger partial charge in [0.05, 0.1) is 31.4 Å². The molecule has 1 aliphatic rings. The quantitative estimate of drug-likeness (QED) is 0.456. The van der Waals surface area contributed by atoms with E-state index < -0.39 is 11.7 Å². The summed E-state index contributed by atoms with van der Waals surface area (Å²) in [7, 11) is 0. The molecule has 0 saturated carbocycles. The number of carbonyl (C=O) groups excluding carboxylic acids is 1. The number of hydrogen-bond acceptors (Lipinski definition) is 4. The van der Waals surface area contributed by atoms with E-state index in [1.807, 2.05) is 72.8 Å². The predicted molar refractivity (Wildman–Crippen MR) is 131 cm³/mol. The number of piperidine rings is 1. The molecule has 1 fully saturated rings. The van der Waals surface area contributed by atoms with Crippen molar-refractivity contribution in [3.05, 3.63) is 106 Å². The Hall–Kier alpha value is -3.17. The lowest BCUT2D eigenvalue weighted by molar-refractivity contribution is -0.195. The first kappa shape index (κ1) is 24.0. The molecule has 3 aromatic rings. The maximum Gasteiger partial charge on any atom is 0.219 e. The number of benzene rings is 3. The number of carbonyl (C=O) groups is 1. The van der Waals surface area contributed by atoms with E-state index in [-0.39, 0.29) is 5.91 Å². The van der Waals surface area contributed by atoms with Gasteiger partial charge in [-0.1, -0.05) is 66.2 Å². The second kappa shape index (κ2) is 10.8. The second-order valence-corrected chi connectivity index (χ2v) is 8.93. The standard InChI is InChI=1S/C28H27ClN2O3/c1-21(32)31-15-14-28(25-10-12-26(29)13-11-25,34-20-22-6-3-2-4-7-22)27(18-31)33-19-24-9-5-8-23(16-24)17-30/h2-13,16,27H,14-15,18-20H2,1H3. The van der Waals surface area contributed by atoms with Crippen LogP contribution in [0.3, 0.4) is 0 Å². The van der Waals surface area contributed by atoms with Crippen molar-refractivity contribution in [3.63, 3.8) is 0 Å². The van der Waals surface area contributed by atoms with Crippen LogP contribution in [0.2, 0.25) is 5.02 Å². The molecule has 174 valence electrons. The minimum absolute atomic E-state index is 0.00726. The first-order chi connectivity index (χ1) is 16.5. The molecule has 34 heavy (non-hydrogen) atoms. The van der Waals surface area contributed by atoms with E-state index in [2.05, 4.69) is 6.07 Å². The molecule has 1 aliphatic heterocycles. The van der Waals surface area contributed by atoms with E-state index >= 15 is 0 Å². The molecule has 2 atom stereocenters. The zero-order valence-electron chi connectivity index (χ0n) is 19.1.